The van der Waals surface area contributed by atoms with Crippen molar-refractivity contribution in [1.29, 1.82) is 0 Å². The standard InChI is InChI=1S/C20H20ClNO6S/c1-10-8-11(4-6-13(10)21)28-9-15(23)22-18-17(20(25)27-3)16-12(19(24)26-2)5-7-14(16)29-18/h4,6,8,12H,5,7,9H2,1-3H3,(H,22,23)/t12-/m0/s1. The number of fused-ring (bicyclic) bond motifs is 1. The molecule has 1 aromatic carbocycles. The summed E-state index contributed by atoms with van der Waals surface area (Å²) in [5.74, 6) is -1.49. The molecule has 0 saturated carbocycles. The van der Waals surface area contributed by atoms with E-state index in [1.165, 1.54) is 25.6 Å². The van der Waals surface area contributed by atoms with Crippen LogP contribution in [-0.2, 0) is 25.5 Å². The number of nitrogens with one attached hydrogen (secondary N) is 1. The lowest BCUT2D eigenvalue weighted by molar-refractivity contribution is -0.142. The first kappa shape index (κ1) is 21.1. The minimum absolute atomic E-state index is 0.205. The van der Waals surface area contributed by atoms with Gasteiger partial charge >= 0.3 is 11.9 Å². The molecule has 0 spiro atoms. The Kier molecular flexibility index (Phi) is 6.44. The van der Waals surface area contributed by atoms with Gasteiger partial charge in [0.1, 0.15) is 10.8 Å². The Morgan fingerprint density at radius 1 is 1.24 bits per heavy atom. The Bertz CT molecular complexity index is 970. The van der Waals surface area contributed by atoms with E-state index in [1.807, 2.05) is 6.92 Å². The lowest BCUT2D eigenvalue weighted by Gasteiger charge is -2.12. The van der Waals surface area contributed by atoms with Gasteiger partial charge in [-0.05, 0) is 49.1 Å². The van der Waals surface area contributed by atoms with Crippen LogP contribution in [0.1, 0.15) is 38.7 Å². The van der Waals surface area contributed by atoms with Gasteiger partial charge in [0.05, 0.1) is 25.7 Å². The Morgan fingerprint density at radius 3 is 2.66 bits per heavy atom. The zero-order valence-electron chi connectivity index (χ0n) is 16.2. The molecule has 1 amide bonds. The summed E-state index contributed by atoms with van der Waals surface area (Å²) in [5, 5.41) is 3.66. The van der Waals surface area contributed by atoms with Gasteiger partial charge in [-0.2, -0.15) is 0 Å². The molecule has 29 heavy (non-hydrogen) atoms. The molecule has 1 aromatic heterocycles. The molecule has 0 bridgehead atoms. The second kappa shape index (κ2) is 8.84. The number of hydrogen-bond donors (Lipinski definition) is 1. The van der Waals surface area contributed by atoms with Crippen LogP contribution in [0.5, 0.6) is 5.75 Å². The smallest absolute Gasteiger partial charge is 0.341 e. The molecule has 1 atom stereocenters. The van der Waals surface area contributed by atoms with E-state index in [0.717, 1.165) is 10.4 Å². The zero-order valence-corrected chi connectivity index (χ0v) is 17.7. The van der Waals surface area contributed by atoms with E-state index < -0.39 is 23.8 Å². The second-order valence-corrected chi connectivity index (χ2v) is 8.01. The van der Waals surface area contributed by atoms with Crippen molar-refractivity contribution in [2.24, 2.45) is 0 Å². The molecule has 0 aliphatic heterocycles. The van der Waals surface area contributed by atoms with Crippen molar-refractivity contribution in [2.75, 3.05) is 26.1 Å². The van der Waals surface area contributed by atoms with E-state index in [0.29, 0.717) is 34.2 Å². The molecular formula is C20H20ClNO6S. The predicted molar refractivity (Wildman–Crippen MR) is 109 cm³/mol. The average Bonchev–Trinajstić information content (AvgIpc) is 3.26. The van der Waals surface area contributed by atoms with Crippen molar-refractivity contribution in [1.82, 2.24) is 0 Å². The van der Waals surface area contributed by atoms with Crippen LogP contribution in [0.4, 0.5) is 5.00 Å². The first-order valence-electron chi connectivity index (χ1n) is 8.86. The zero-order chi connectivity index (χ0) is 21.1. The van der Waals surface area contributed by atoms with Gasteiger partial charge in [0.15, 0.2) is 6.61 Å². The number of esters is 2. The highest BCUT2D eigenvalue weighted by Crippen LogP contribution is 2.45. The van der Waals surface area contributed by atoms with Gasteiger partial charge in [-0.1, -0.05) is 11.6 Å². The Labute approximate surface area is 176 Å². The summed E-state index contributed by atoms with van der Waals surface area (Å²) in [7, 11) is 2.56. The van der Waals surface area contributed by atoms with Crippen molar-refractivity contribution in [3.63, 3.8) is 0 Å². The Hall–Kier alpha value is -2.58. The van der Waals surface area contributed by atoms with Gasteiger partial charge in [-0.3, -0.25) is 9.59 Å². The number of methoxy groups -OCH3 is 2. The Morgan fingerprint density at radius 2 is 2.00 bits per heavy atom. The highest BCUT2D eigenvalue weighted by molar-refractivity contribution is 7.17. The first-order chi connectivity index (χ1) is 13.8. The minimum Gasteiger partial charge on any atom is -0.484 e. The summed E-state index contributed by atoms with van der Waals surface area (Å²) < 4.78 is 15.2. The summed E-state index contributed by atoms with van der Waals surface area (Å²) in [6.45, 7) is 1.59. The third-order valence-corrected chi connectivity index (χ3v) is 6.26. The predicted octanol–water partition coefficient (Wildman–Crippen LogP) is 3.72. The molecule has 0 radical (unpaired) electrons. The van der Waals surface area contributed by atoms with E-state index in [2.05, 4.69) is 5.32 Å². The van der Waals surface area contributed by atoms with Gasteiger partial charge in [0, 0.05) is 9.90 Å². The molecule has 0 fully saturated rings. The number of hydrogen-bond acceptors (Lipinski definition) is 7. The average molecular weight is 438 g/mol. The number of carbonyl (C=O) groups is 3. The maximum atomic E-state index is 12.4. The fourth-order valence-electron chi connectivity index (χ4n) is 3.25. The van der Waals surface area contributed by atoms with Crippen molar-refractivity contribution in [3.05, 3.63) is 44.8 Å². The molecule has 154 valence electrons. The summed E-state index contributed by atoms with van der Waals surface area (Å²) in [6, 6.07) is 5.09. The maximum absolute atomic E-state index is 12.4. The third-order valence-electron chi connectivity index (χ3n) is 4.66. The largest absolute Gasteiger partial charge is 0.484 e. The molecule has 7 nitrogen and oxygen atoms in total. The summed E-state index contributed by atoms with van der Waals surface area (Å²) in [5.41, 5.74) is 1.62. The summed E-state index contributed by atoms with van der Waals surface area (Å²) >= 11 is 7.25. The molecular weight excluding hydrogens is 418 g/mol. The number of halogens is 1. The van der Waals surface area contributed by atoms with Crippen LogP contribution < -0.4 is 10.1 Å². The topological polar surface area (TPSA) is 90.9 Å². The van der Waals surface area contributed by atoms with Crippen LogP contribution in [0.15, 0.2) is 18.2 Å². The molecule has 1 aliphatic rings. The van der Waals surface area contributed by atoms with Crippen LogP contribution in [0, 0.1) is 6.92 Å². The quantitative estimate of drug-likeness (QED) is 0.692. The molecule has 1 heterocycles. The molecule has 3 rings (SSSR count). The lowest BCUT2D eigenvalue weighted by atomic mass is 9.99. The number of thiophene rings is 1. The molecule has 1 aliphatic carbocycles. The number of benzene rings is 1. The number of amides is 1. The van der Waals surface area contributed by atoms with Crippen molar-refractivity contribution in [3.8, 4) is 5.75 Å². The van der Waals surface area contributed by atoms with Crippen LogP contribution in [0.2, 0.25) is 5.02 Å². The van der Waals surface area contributed by atoms with Crippen molar-refractivity contribution in [2.45, 2.75) is 25.7 Å². The highest BCUT2D eigenvalue weighted by atomic mass is 35.5. The van der Waals surface area contributed by atoms with Crippen molar-refractivity contribution < 1.29 is 28.6 Å². The van der Waals surface area contributed by atoms with Gasteiger partial charge in [-0.25, -0.2) is 4.79 Å². The van der Waals surface area contributed by atoms with Gasteiger partial charge < -0.3 is 19.5 Å². The molecule has 1 N–H and O–H groups in total. The number of aryl methyl sites for hydroxylation is 2. The molecule has 9 heteroatoms. The van der Waals surface area contributed by atoms with E-state index in [4.69, 9.17) is 25.8 Å². The summed E-state index contributed by atoms with van der Waals surface area (Å²) in [4.78, 5) is 37.7. The van der Waals surface area contributed by atoms with Crippen LogP contribution >= 0.6 is 22.9 Å². The maximum Gasteiger partial charge on any atom is 0.341 e. The summed E-state index contributed by atoms with van der Waals surface area (Å²) in [6.07, 6.45) is 1.19. The number of anilines is 1. The number of carbonyl (C=O) groups excluding carboxylic acids is 3. The van der Waals surface area contributed by atoms with E-state index in [9.17, 15) is 14.4 Å². The van der Waals surface area contributed by atoms with Crippen LogP contribution in [0.25, 0.3) is 0 Å². The van der Waals surface area contributed by atoms with Gasteiger partial charge in [-0.15, -0.1) is 11.3 Å². The highest BCUT2D eigenvalue weighted by Gasteiger charge is 2.38. The Balaban J connectivity index is 1.78. The second-order valence-electron chi connectivity index (χ2n) is 6.50. The minimum atomic E-state index is -0.608. The van der Waals surface area contributed by atoms with E-state index in [-0.39, 0.29) is 12.2 Å². The first-order valence-corrected chi connectivity index (χ1v) is 10.1. The van der Waals surface area contributed by atoms with Crippen LogP contribution in [0.3, 0.4) is 0 Å². The van der Waals surface area contributed by atoms with Crippen molar-refractivity contribution >= 4 is 45.8 Å². The van der Waals surface area contributed by atoms with Gasteiger partial charge in [0.2, 0.25) is 0 Å². The van der Waals surface area contributed by atoms with E-state index >= 15 is 0 Å². The normalized spacial score (nSPS) is 14.8. The number of ether oxygens (including phenoxy) is 3. The fraction of sp³-hybridized carbons (Fsp3) is 0.350. The van der Waals surface area contributed by atoms with E-state index in [1.54, 1.807) is 18.2 Å². The number of rotatable bonds is 6. The third kappa shape index (κ3) is 4.38. The molecule has 2 aromatic rings. The monoisotopic (exact) mass is 437 g/mol. The molecule has 0 unspecified atom stereocenters. The van der Waals surface area contributed by atoms with Gasteiger partial charge in [0.25, 0.3) is 5.91 Å². The lowest BCUT2D eigenvalue weighted by Crippen LogP contribution is -2.22. The fourth-order valence-corrected chi connectivity index (χ4v) is 4.65. The van der Waals surface area contributed by atoms with Crippen LogP contribution in [-0.4, -0.2) is 38.7 Å². The SMILES string of the molecule is COC(=O)c1c(NC(=O)COc2ccc(Cl)c(C)c2)sc2c1[C@@H](C(=O)OC)CC2. The molecule has 0 saturated heterocycles.